The molecule has 0 radical (unpaired) electrons. The maximum Gasteiger partial charge on any atom is 0.0758 e. The third kappa shape index (κ3) is 3.30. The lowest BCUT2D eigenvalue weighted by Gasteiger charge is -2.17. The summed E-state index contributed by atoms with van der Waals surface area (Å²) in [5, 5.41) is 4.86. The summed E-state index contributed by atoms with van der Waals surface area (Å²) in [6.07, 6.45) is 3.12. The van der Waals surface area contributed by atoms with Crippen molar-refractivity contribution in [2.24, 2.45) is 0 Å². The van der Waals surface area contributed by atoms with E-state index in [0.29, 0.717) is 18.2 Å². The maximum absolute atomic E-state index is 6.02. The quantitative estimate of drug-likeness (QED) is 0.907. The first-order valence-electron chi connectivity index (χ1n) is 8.09. The van der Waals surface area contributed by atoms with Crippen LogP contribution in [-0.4, -0.2) is 22.8 Å². The van der Waals surface area contributed by atoms with E-state index in [4.69, 9.17) is 4.74 Å². The lowest BCUT2D eigenvalue weighted by Crippen LogP contribution is -2.25. The Labute approximate surface area is 127 Å². The molecule has 1 saturated heterocycles. The molecule has 0 amide bonds. The van der Waals surface area contributed by atoms with E-state index < -0.39 is 0 Å². The smallest absolute Gasteiger partial charge is 0.0758 e. The highest BCUT2D eigenvalue weighted by Gasteiger charge is 2.23. The zero-order valence-corrected chi connectivity index (χ0v) is 13.3. The molecule has 0 aliphatic carbocycles. The second kappa shape index (κ2) is 6.20. The standard InChI is InChI=1S/C18H26N2O/c1-13(2)19-11-16-10-15-6-4-5-7-18(15)20(16)12-17-9-8-14(3)21-17/h4-7,10,13-14,17,19H,8-9,11-12H2,1-3H3. The first kappa shape index (κ1) is 14.6. The van der Waals surface area contributed by atoms with Gasteiger partial charge in [0.15, 0.2) is 0 Å². The van der Waals surface area contributed by atoms with E-state index in [1.807, 2.05) is 0 Å². The third-order valence-corrected chi connectivity index (χ3v) is 4.29. The van der Waals surface area contributed by atoms with Crippen LogP contribution in [0.25, 0.3) is 10.9 Å². The van der Waals surface area contributed by atoms with E-state index in [-0.39, 0.29) is 0 Å². The van der Waals surface area contributed by atoms with Gasteiger partial charge in [-0.05, 0) is 37.3 Å². The molecule has 21 heavy (non-hydrogen) atoms. The molecule has 3 rings (SSSR count). The molecule has 1 aliphatic rings. The SMILES string of the molecule is CC(C)NCc1cc2ccccc2n1CC1CCC(C)O1. The summed E-state index contributed by atoms with van der Waals surface area (Å²) in [6.45, 7) is 8.43. The molecule has 0 saturated carbocycles. The number of nitrogens with zero attached hydrogens (tertiary/aromatic N) is 1. The zero-order chi connectivity index (χ0) is 14.8. The van der Waals surface area contributed by atoms with Crippen molar-refractivity contribution in [1.82, 2.24) is 9.88 Å². The average molecular weight is 286 g/mol. The highest BCUT2D eigenvalue weighted by atomic mass is 16.5. The van der Waals surface area contributed by atoms with Crippen LogP contribution >= 0.6 is 0 Å². The topological polar surface area (TPSA) is 26.2 Å². The molecule has 1 fully saturated rings. The Bertz CT molecular complexity index is 602. The maximum atomic E-state index is 6.02. The fourth-order valence-corrected chi connectivity index (χ4v) is 3.16. The van der Waals surface area contributed by atoms with Crippen molar-refractivity contribution in [2.75, 3.05) is 0 Å². The van der Waals surface area contributed by atoms with Crippen LogP contribution in [0.3, 0.4) is 0 Å². The molecule has 3 nitrogen and oxygen atoms in total. The Morgan fingerprint density at radius 1 is 1.29 bits per heavy atom. The molecule has 0 bridgehead atoms. The highest BCUT2D eigenvalue weighted by molar-refractivity contribution is 5.81. The Kier molecular flexibility index (Phi) is 4.32. The number of nitrogens with one attached hydrogen (secondary N) is 1. The Balaban J connectivity index is 1.87. The van der Waals surface area contributed by atoms with Crippen LogP contribution in [0.4, 0.5) is 0 Å². The summed E-state index contributed by atoms with van der Waals surface area (Å²) >= 11 is 0. The summed E-state index contributed by atoms with van der Waals surface area (Å²) in [4.78, 5) is 0. The molecule has 2 heterocycles. The molecule has 0 spiro atoms. The van der Waals surface area contributed by atoms with Gasteiger partial charge in [-0.15, -0.1) is 0 Å². The van der Waals surface area contributed by atoms with E-state index in [1.54, 1.807) is 0 Å². The molecule has 1 aromatic heterocycles. The van der Waals surface area contributed by atoms with Crippen molar-refractivity contribution in [3.8, 4) is 0 Å². The number of benzene rings is 1. The second-order valence-corrected chi connectivity index (χ2v) is 6.49. The van der Waals surface area contributed by atoms with Crippen LogP contribution in [0.2, 0.25) is 0 Å². The van der Waals surface area contributed by atoms with Gasteiger partial charge in [0.25, 0.3) is 0 Å². The lowest BCUT2D eigenvalue weighted by molar-refractivity contribution is 0.0460. The molecular weight excluding hydrogens is 260 g/mol. The normalized spacial score (nSPS) is 22.5. The minimum atomic E-state index is 0.355. The van der Waals surface area contributed by atoms with Crippen molar-refractivity contribution < 1.29 is 4.74 Å². The van der Waals surface area contributed by atoms with E-state index in [1.165, 1.54) is 29.4 Å². The van der Waals surface area contributed by atoms with E-state index in [0.717, 1.165) is 13.1 Å². The van der Waals surface area contributed by atoms with Gasteiger partial charge in [0.05, 0.1) is 12.2 Å². The van der Waals surface area contributed by atoms with Crippen LogP contribution in [0, 0.1) is 0 Å². The summed E-state index contributed by atoms with van der Waals surface area (Å²) < 4.78 is 8.46. The third-order valence-electron chi connectivity index (χ3n) is 4.29. The Morgan fingerprint density at radius 3 is 2.81 bits per heavy atom. The number of para-hydroxylation sites is 1. The van der Waals surface area contributed by atoms with Crippen LogP contribution in [0.15, 0.2) is 30.3 Å². The first-order chi connectivity index (χ1) is 10.1. The number of hydrogen-bond acceptors (Lipinski definition) is 2. The molecule has 1 aliphatic heterocycles. The second-order valence-electron chi connectivity index (χ2n) is 6.49. The summed E-state index contributed by atoms with van der Waals surface area (Å²) in [6, 6.07) is 11.5. The molecule has 114 valence electrons. The van der Waals surface area contributed by atoms with Crippen LogP contribution in [0.1, 0.15) is 39.3 Å². The number of aromatic nitrogens is 1. The fraction of sp³-hybridized carbons (Fsp3) is 0.556. The predicted octanol–water partition coefficient (Wildman–Crippen LogP) is 3.71. The Hall–Kier alpha value is -1.32. The summed E-state index contributed by atoms with van der Waals surface area (Å²) in [5.74, 6) is 0. The van der Waals surface area contributed by atoms with Crippen LogP contribution < -0.4 is 5.32 Å². The highest BCUT2D eigenvalue weighted by Crippen LogP contribution is 2.25. The number of fused-ring (bicyclic) bond motifs is 1. The van der Waals surface area contributed by atoms with Crippen molar-refractivity contribution in [1.29, 1.82) is 0 Å². The molecule has 1 aromatic carbocycles. The van der Waals surface area contributed by atoms with Crippen LogP contribution in [0.5, 0.6) is 0 Å². The first-order valence-corrected chi connectivity index (χ1v) is 8.09. The molecule has 1 N–H and O–H groups in total. The monoisotopic (exact) mass is 286 g/mol. The van der Waals surface area contributed by atoms with E-state index in [9.17, 15) is 0 Å². The van der Waals surface area contributed by atoms with Gasteiger partial charge in [0, 0.05) is 30.3 Å². The van der Waals surface area contributed by atoms with Gasteiger partial charge in [0.1, 0.15) is 0 Å². The number of hydrogen-bond donors (Lipinski definition) is 1. The van der Waals surface area contributed by atoms with Gasteiger partial charge in [-0.2, -0.15) is 0 Å². The van der Waals surface area contributed by atoms with Gasteiger partial charge in [-0.1, -0.05) is 32.0 Å². The van der Waals surface area contributed by atoms with Crippen molar-refractivity contribution in [3.63, 3.8) is 0 Å². The average Bonchev–Trinajstić information content (AvgIpc) is 3.01. The minimum Gasteiger partial charge on any atom is -0.373 e. The van der Waals surface area contributed by atoms with Crippen molar-refractivity contribution >= 4 is 10.9 Å². The lowest BCUT2D eigenvalue weighted by atomic mass is 10.2. The van der Waals surface area contributed by atoms with Crippen molar-refractivity contribution in [3.05, 3.63) is 36.0 Å². The molecule has 2 unspecified atom stereocenters. The summed E-state index contributed by atoms with van der Waals surface area (Å²) in [7, 11) is 0. The van der Waals surface area contributed by atoms with Gasteiger partial charge >= 0.3 is 0 Å². The predicted molar refractivity (Wildman–Crippen MR) is 87.5 cm³/mol. The Morgan fingerprint density at radius 2 is 2.10 bits per heavy atom. The van der Waals surface area contributed by atoms with E-state index in [2.05, 4.69) is 61.0 Å². The fourth-order valence-electron chi connectivity index (χ4n) is 3.16. The van der Waals surface area contributed by atoms with Crippen molar-refractivity contribution in [2.45, 2.75) is 65.0 Å². The van der Waals surface area contributed by atoms with E-state index >= 15 is 0 Å². The molecular formula is C18H26N2O. The molecule has 2 atom stereocenters. The van der Waals surface area contributed by atoms with Crippen LogP contribution in [-0.2, 0) is 17.8 Å². The number of ether oxygens (including phenoxy) is 1. The van der Waals surface area contributed by atoms with Gasteiger partial charge in [-0.25, -0.2) is 0 Å². The van der Waals surface area contributed by atoms with Gasteiger partial charge in [0.2, 0.25) is 0 Å². The van der Waals surface area contributed by atoms with Gasteiger partial charge in [-0.3, -0.25) is 0 Å². The largest absolute Gasteiger partial charge is 0.373 e. The summed E-state index contributed by atoms with van der Waals surface area (Å²) in [5.41, 5.74) is 2.68. The molecule has 3 heteroatoms. The number of rotatable bonds is 5. The minimum absolute atomic E-state index is 0.355. The molecule has 2 aromatic rings. The van der Waals surface area contributed by atoms with Gasteiger partial charge < -0.3 is 14.6 Å². The zero-order valence-electron chi connectivity index (χ0n) is 13.3.